The third-order valence-corrected chi connectivity index (χ3v) is 3.27. The van der Waals surface area contributed by atoms with Crippen LogP contribution in [-0.4, -0.2) is 23.5 Å². The van der Waals surface area contributed by atoms with Crippen LogP contribution in [0, 0.1) is 5.92 Å². The van der Waals surface area contributed by atoms with Gasteiger partial charge in [-0.2, -0.15) is 0 Å². The van der Waals surface area contributed by atoms with Crippen molar-refractivity contribution in [3.05, 3.63) is 30.1 Å². The largest absolute Gasteiger partial charge is 0.350 e. The first-order valence-electron chi connectivity index (χ1n) is 6.20. The van der Waals surface area contributed by atoms with Crippen molar-refractivity contribution in [2.24, 2.45) is 11.7 Å². The number of nitrogens with one attached hydrogen (secondary N) is 1. The van der Waals surface area contributed by atoms with Crippen molar-refractivity contribution < 1.29 is 4.79 Å². The Morgan fingerprint density at radius 2 is 2.16 bits per heavy atom. The van der Waals surface area contributed by atoms with Gasteiger partial charge in [0.05, 0.1) is 0 Å². The molecular weight excluding hydrogens is 285 g/mol. The van der Waals surface area contributed by atoms with E-state index in [1.165, 1.54) is 6.42 Å². The summed E-state index contributed by atoms with van der Waals surface area (Å²) in [6.07, 6.45) is 6.10. The predicted octanol–water partition coefficient (Wildman–Crippen LogP) is 2.17. The van der Waals surface area contributed by atoms with E-state index in [4.69, 9.17) is 5.73 Å². The number of rotatable bonds is 3. The minimum absolute atomic E-state index is 0. The molecule has 1 aromatic heterocycles. The second kappa shape index (κ2) is 9.13. The summed E-state index contributed by atoms with van der Waals surface area (Å²) < 4.78 is 0. The molecule has 0 bridgehead atoms. The van der Waals surface area contributed by atoms with Crippen LogP contribution >= 0.6 is 24.8 Å². The molecule has 0 spiro atoms. The molecule has 1 heterocycles. The lowest BCUT2D eigenvalue weighted by molar-refractivity contribution is 0.0937. The second-order valence-electron chi connectivity index (χ2n) is 4.72. The smallest absolute Gasteiger partial charge is 0.269 e. The molecule has 2 atom stereocenters. The Hall–Kier alpha value is -0.840. The van der Waals surface area contributed by atoms with Crippen LogP contribution in [0.2, 0.25) is 0 Å². The molecule has 0 aromatic carbocycles. The molecule has 1 aromatic rings. The van der Waals surface area contributed by atoms with Gasteiger partial charge >= 0.3 is 0 Å². The Morgan fingerprint density at radius 3 is 2.79 bits per heavy atom. The zero-order chi connectivity index (χ0) is 12.1. The van der Waals surface area contributed by atoms with Crippen LogP contribution in [0.25, 0.3) is 0 Å². The van der Waals surface area contributed by atoms with Crippen molar-refractivity contribution in [3.8, 4) is 0 Å². The molecule has 108 valence electrons. The molecular formula is C13H21Cl2N3O. The highest BCUT2D eigenvalue weighted by molar-refractivity contribution is 5.92. The fraction of sp³-hybridized carbons (Fsp3) is 0.538. The van der Waals surface area contributed by atoms with Crippen LogP contribution in [-0.2, 0) is 0 Å². The number of halogens is 2. The quantitative estimate of drug-likeness (QED) is 0.899. The Bertz CT molecular complexity index is 375. The predicted molar refractivity (Wildman–Crippen MR) is 81.0 cm³/mol. The average molecular weight is 306 g/mol. The van der Waals surface area contributed by atoms with Crippen molar-refractivity contribution >= 4 is 30.7 Å². The maximum atomic E-state index is 11.8. The molecule has 0 saturated heterocycles. The first kappa shape index (κ1) is 18.2. The van der Waals surface area contributed by atoms with Crippen molar-refractivity contribution in [2.75, 3.05) is 6.54 Å². The van der Waals surface area contributed by atoms with Gasteiger partial charge in [-0.25, -0.2) is 0 Å². The van der Waals surface area contributed by atoms with E-state index < -0.39 is 0 Å². The molecule has 0 radical (unpaired) electrons. The summed E-state index contributed by atoms with van der Waals surface area (Å²) >= 11 is 0. The van der Waals surface area contributed by atoms with E-state index in [-0.39, 0.29) is 30.7 Å². The molecule has 19 heavy (non-hydrogen) atoms. The van der Waals surface area contributed by atoms with Crippen LogP contribution in [0.1, 0.15) is 36.2 Å². The zero-order valence-electron chi connectivity index (χ0n) is 10.7. The van der Waals surface area contributed by atoms with Crippen molar-refractivity contribution in [1.82, 2.24) is 10.3 Å². The highest BCUT2D eigenvalue weighted by Gasteiger charge is 2.19. The van der Waals surface area contributed by atoms with Crippen LogP contribution in [0.3, 0.4) is 0 Å². The van der Waals surface area contributed by atoms with E-state index >= 15 is 0 Å². The Balaban J connectivity index is 0.00000162. The van der Waals surface area contributed by atoms with Crippen LogP contribution in [0.15, 0.2) is 24.4 Å². The van der Waals surface area contributed by atoms with E-state index in [0.29, 0.717) is 24.2 Å². The Morgan fingerprint density at radius 1 is 1.37 bits per heavy atom. The van der Waals surface area contributed by atoms with Gasteiger partial charge in [0.15, 0.2) is 0 Å². The van der Waals surface area contributed by atoms with Gasteiger partial charge in [0.1, 0.15) is 5.69 Å². The topological polar surface area (TPSA) is 68.0 Å². The number of amides is 1. The molecule has 4 nitrogen and oxygen atoms in total. The molecule has 0 aliphatic heterocycles. The molecule has 1 saturated carbocycles. The van der Waals surface area contributed by atoms with Gasteiger partial charge in [0.25, 0.3) is 5.91 Å². The van der Waals surface area contributed by atoms with E-state index in [1.807, 2.05) is 6.07 Å². The Labute approximate surface area is 126 Å². The number of hydrogen-bond acceptors (Lipinski definition) is 3. The summed E-state index contributed by atoms with van der Waals surface area (Å²) in [5.74, 6) is 0.427. The monoisotopic (exact) mass is 305 g/mol. The zero-order valence-corrected chi connectivity index (χ0v) is 12.4. The van der Waals surface area contributed by atoms with Gasteiger partial charge in [-0.05, 0) is 37.3 Å². The minimum Gasteiger partial charge on any atom is -0.350 e. The number of hydrogen-bond donors (Lipinski definition) is 2. The van der Waals surface area contributed by atoms with E-state index in [2.05, 4.69) is 10.3 Å². The van der Waals surface area contributed by atoms with Gasteiger partial charge < -0.3 is 11.1 Å². The highest BCUT2D eigenvalue weighted by atomic mass is 35.5. The summed E-state index contributed by atoms with van der Waals surface area (Å²) in [6.45, 7) is 0.711. The highest BCUT2D eigenvalue weighted by Crippen LogP contribution is 2.22. The molecule has 1 aliphatic rings. The van der Waals surface area contributed by atoms with E-state index in [9.17, 15) is 4.79 Å². The van der Waals surface area contributed by atoms with Gasteiger partial charge in [0.2, 0.25) is 0 Å². The van der Waals surface area contributed by atoms with Crippen molar-refractivity contribution in [1.29, 1.82) is 0 Å². The first-order chi connectivity index (χ1) is 8.25. The molecule has 1 fully saturated rings. The lowest BCUT2D eigenvalue weighted by Crippen LogP contribution is -2.35. The number of pyridine rings is 1. The van der Waals surface area contributed by atoms with Gasteiger partial charge in [0, 0.05) is 18.8 Å². The summed E-state index contributed by atoms with van der Waals surface area (Å²) in [4.78, 5) is 15.8. The third kappa shape index (κ3) is 5.76. The van der Waals surface area contributed by atoms with Gasteiger partial charge in [-0.3, -0.25) is 9.78 Å². The summed E-state index contributed by atoms with van der Waals surface area (Å²) in [5, 5.41) is 2.93. The lowest BCUT2D eigenvalue weighted by Gasteiger charge is -2.26. The average Bonchev–Trinajstić information content (AvgIpc) is 2.37. The summed E-state index contributed by atoms with van der Waals surface area (Å²) in [6, 6.07) is 5.65. The first-order valence-corrected chi connectivity index (χ1v) is 6.20. The van der Waals surface area contributed by atoms with Gasteiger partial charge in [-0.15, -0.1) is 24.8 Å². The summed E-state index contributed by atoms with van der Waals surface area (Å²) in [5.41, 5.74) is 6.40. The number of nitrogens with two attached hydrogens (primary N) is 1. The molecule has 3 N–H and O–H groups in total. The number of carbonyl (C=O) groups excluding carboxylic acids is 1. The Kier molecular flexibility index (Phi) is 8.72. The standard InChI is InChI=1S/C13H19N3O.2ClH/c14-11-5-3-4-10(8-11)9-16-13(17)12-6-1-2-7-15-12;;/h1-2,6-7,10-11H,3-5,8-9,14H2,(H,16,17);2*1H. The molecule has 2 unspecified atom stereocenters. The normalized spacial score (nSPS) is 21.7. The van der Waals surface area contributed by atoms with Crippen LogP contribution in [0.4, 0.5) is 0 Å². The van der Waals surface area contributed by atoms with Gasteiger partial charge in [-0.1, -0.05) is 12.5 Å². The maximum absolute atomic E-state index is 11.8. The van der Waals surface area contributed by atoms with Crippen LogP contribution < -0.4 is 11.1 Å². The SMILES string of the molecule is Cl.Cl.NC1CCCC(CNC(=O)c2ccccn2)C1. The fourth-order valence-electron chi connectivity index (χ4n) is 2.34. The van der Waals surface area contributed by atoms with E-state index in [1.54, 1.807) is 18.3 Å². The molecule has 1 aliphatic carbocycles. The summed E-state index contributed by atoms with van der Waals surface area (Å²) in [7, 11) is 0. The lowest BCUT2D eigenvalue weighted by atomic mass is 9.86. The molecule has 2 rings (SSSR count). The molecule has 1 amide bonds. The van der Waals surface area contributed by atoms with Crippen molar-refractivity contribution in [3.63, 3.8) is 0 Å². The number of aromatic nitrogens is 1. The fourth-order valence-corrected chi connectivity index (χ4v) is 2.34. The third-order valence-electron chi connectivity index (χ3n) is 3.27. The number of carbonyl (C=O) groups is 1. The van der Waals surface area contributed by atoms with Crippen LogP contribution in [0.5, 0.6) is 0 Å². The molecule has 6 heteroatoms. The van der Waals surface area contributed by atoms with Crippen molar-refractivity contribution in [2.45, 2.75) is 31.7 Å². The van der Waals surface area contributed by atoms with E-state index in [0.717, 1.165) is 19.3 Å². The number of nitrogens with zero attached hydrogens (tertiary/aromatic N) is 1. The maximum Gasteiger partial charge on any atom is 0.269 e. The minimum atomic E-state index is -0.0928. The second-order valence-corrected chi connectivity index (χ2v) is 4.72.